The van der Waals surface area contributed by atoms with Gasteiger partial charge in [0, 0.05) is 37.9 Å². The highest BCUT2D eigenvalue weighted by Gasteiger charge is 2.29. The Bertz CT molecular complexity index is 387. The SMILES string of the molecule is Nc1ccc(CCN2CCN3CCCC3C2)cc1. The van der Waals surface area contributed by atoms with E-state index in [-0.39, 0.29) is 0 Å². The van der Waals surface area contributed by atoms with Crippen LogP contribution in [0.4, 0.5) is 5.69 Å². The average molecular weight is 245 g/mol. The van der Waals surface area contributed by atoms with Crippen LogP contribution in [-0.2, 0) is 6.42 Å². The van der Waals surface area contributed by atoms with Gasteiger partial charge >= 0.3 is 0 Å². The van der Waals surface area contributed by atoms with Gasteiger partial charge in [0.05, 0.1) is 0 Å². The van der Waals surface area contributed by atoms with E-state index in [0.717, 1.165) is 18.2 Å². The van der Waals surface area contributed by atoms with Crippen molar-refractivity contribution in [1.82, 2.24) is 9.80 Å². The first-order valence-electron chi connectivity index (χ1n) is 7.12. The zero-order chi connectivity index (χ0) is 12.4. The smallest absolute Gasteiger partial charge is 0.0314 e. The molecule has 1 aromatic carbocycles. The lowest BCUT2D eigenvalue weighted by atomic mass is 10.1. The second-order valence-corrected chi connectivity index (χ2v) is 5.62. The number of fused-ring (bicyclic) bond motifs is 1. The zero-order valence-corrected chi connectivity index (χ0v) is 11.0. The Labute approximate surface area is 110 Å². The van der Waals surface area contributed by atoms with E-state index in [1.54, 1.807) is 0 Å². The van der Waals surface area contributed by atoms with Crippen molar-refractivity contribution < 1.29 is 0 Å². The maximum absolute atomic E-state index is 5.71. The van der Waals surface area contributed by atoms with Crippen LogP contribution in [0.2, 0.25) is 0 Å². The predicted molar refractivity (Wildman–Crippen MR) is 75.6 cm³/mol. The molecule has 0 aliphatic carbocycles. The van der Waals surface area contributed by atoms with Gasteiger partial charge in [-0.15, -0.1) is 0 Å². The minimum absolute atomic E-state index is 0.838. The molecule has 1 atom stereocenters. The van der Waals surface area contributed by atoms with Crippen molar-refractivity contribution in [1.29, 1.82) is 0 Å². The molecule has 2 fully saturated rings. The number of hydrogen-bond donors (Lipinski definition) is 1. The maximum atomic E-state index is 5.71. The predicted octanol–water partition coefficient (Wildman–Crippen LogP) is 1.59. The van der Waals surface area contributed by atoms with Crippen LogP contribution in [0.1, 0.15) is 18.4 Å². The summed E-state index contributed by atoms with van der Waals surface area (Å²) in [7, 11) is 0. The molecule has 2 aliphatic rings. The van der Waals surface area contributed by atoms with Crippen molar-refractivity contribution in [3.8, 4) is 0 Å². The van der Waals surface area contributed by atoms with Gasteiger partial charge in [0.2, 0.25) is 0 Å². The number of piperazine rings is 1. The van der Waals surface area contributed by atoms with E-state index in [4.69, 9.17) is 5.73 Å². The van der Waals surface area contributed by atoms with Gasteiger partial charge in [0.25, 0.3) is 0 Å². The first kappa shape index (κ1) is 12.0. The van der Waals surface area contributed by atoms with Crippen molar-refractivity contribution in [2.75, 3.05) is 38.5 Å². The largest absolute Gasteiger partial charge is 0.399 e. The summed E-state index contributed by atoms with van der Waals surface area (Å²) in [6, 6.07) is 9.15. The Morgan fingerprint density at radius 3 is 2.78 bits per heavy atom. The summed E-state index contributed by atoms with van der Waals surface area (Å²) in [6.07, 6.45) is 3.95. The monoisotopic (exact) mass is 245 g/mol. The van der Waals surface area contributed by atoms with E-state index in [9.17, 15) is 0 Å². The summed E-state index contributed by atoms with van der Waals surface area (Å²) >= 11 is 0. The molecular weight excluding hydrogens is 222 g/mol. The van der Waals surface area contributed by atoms with Gasteiger partial charge < -0.3 is 10.6 Å². The third kappa shape index (κ3) is 2.68. The molecule has 1 aromatic rings. The van der Waals surface area contributed by atoms with Crippen molar-refractivity contribution >= 4 is 5.69 Å². The Balaban J connectivity index is 1.50. The molecule has 98 valence electrons. The van der Waals surface area contributed by atoms with Crippen LogP contribution in [0.3, 0.4) is 0 Å². The fourth-order valence-corrected chi connectivity index (χ4v) is 3.23. The lowest BCUT2D eigenvalue weighted by Crippen LogP contribution is -2.50. The van der Waals surface area contributed by atoms with Crippen LogP contribution in [-0.4, -0.2) is 48.6 Å². The minimum Gasteiger partial charge on any atom is -0.399 e. The molecule has 2 saturated heterocycles. The quantitative estimate of drug-likeness (QED) is 0.821. The van der Waals surface area contributed by atoms with Gasteiger partial charge in [0.1, 0.15) is 0 Å². The number of nitrogen functional groups attached to an aromatic ring is 1. The van der Waals surface area contributed by atoms with Crippen LogP contribution in [0.15, 0.2) is 24.3 Å². The van der Waals surface area contributed by atoms with Gasteiger partial charge in [-0.1, -0.05) is 12.1 Å². The van der Waals surface area contributed by atoms with Crippen LogP contribution < -0.4 is 5.73 Å². The van der Waals surface area contributed by atoms with E-state index in [0.29, 0.717) is 0 Å². The second-order valence-electron chi connectivity index (χ2n) is 5.62. The minimum atomic E-state index is 0.838. The first-order chi connectivity index (χ1) is 8.81. The number of nitrogens with zero attached hydrogens (tertiary/aromatic N) is 2. The Morgan fingerprint density at radius 1 is 1.11 bits per heavy atom. The van der Waals surface area contributed by atoms with E-state index < -0.39 is 0 Å². The van der Waals surface area contributed by atoms with Crippen LogP contribution in [0.5, 0.6) is 0 Å². The average Bonchev–Trinajstić information content (AvgIpc) is 2.85. The van der Waals surface area contributed by atoms with Crippen molar-refractivity contribution in [3.05, 3.63) is 29.8 Å². The zero-order valence-electron chi connectivity index (χ0n) is 11.0. The Morgan fingerprint density at radius 2 is 1.94 bits per heavy atom. The van der Waals surface area contributed by atoms with E-state index >= 15 is 0 Å². The third-order valence-corrected chi connectivity index (χ3v) is 4.37. The summed E-state index contributed by atoms with van der Waals surface area (Å²) in [5.41, 5.74) is 7.97. The second kappa shape index (κ2) is 5.29. The number of hydrogen-bond acceptors (Lipinski definition) is 3. The lowest BCUT2D eigenvalue weighted by Gasteiger charge is -2.37. The molecule has 0 aromatic heterocycles. The molecule has 0 radical (unpaired) electrons. The summed E-state index contributed by atoms with van der Waals surface area (Å²) in [5.74, 6) is 0. The molecule has 18 heavy (non-hydrogen) atoms. The fourth-order valence-electron chi connectivity index (χ4n) is 3.23. The number of nitrogens with two attached hydrogens (primary N) is 1. The Kier molecular flexibility index (Phi) is 3.52. The van der Waals surface area contributed by atoms with E-state index in [1.807, 2.05) is 12.1 Å². The summed E-state index contributed by atoms with van der Waals surface area (Å²) in [6.45, 7) is 6.30. The maximum Gasteiger partial charge on any atom is 0.0314 e. The topological polar surface area (TPSA) is 32.5 Å². The number of benzene rings is 1. The third-order valence-electron chi connectivity index (χ3n) is 4.37. The highest BCUT2D eigenvalue weighted by atomic mass is 15.3. The summed E-state index contributed by atoms with van der Waals surface area (Å²) < 4.78 is 0. The molecule has 2 heterocycles. The van der Waals surface area contributed by atoms with E-state index in [2.05, 4.69) is 21.9 Å². The molecule has 2 N–H and O–H groups in total. The molecule has 2 aliphatic heterocycles. The highest BCUT2D eigenvalue weighted by molar-refractivity contribution is 5.39. The molecule has 3 heteroatoms. The first-order valence-corrected chi connectivity index (χ1v) is 7.12. The molecule has 0 saturated carbocycles. The Hall–Kier alpha value is -1.06. The number of rotatable bonds is 3. The molecule has 0 amide bonds. The van der Waals surface area contributed by atoms with Crippen LogP contribution in [0, 0.1) is 0 Å². The molecule has 0 spiro atoms. The van der Waals surface area contributed by atoms with Gasteiger partial charge in [-0.05, 0) is 43.5 Å². The normalized spacial score (nSPS) is 25.2. The van der Waals surface area contributed by atoms with Crippen molar-refractivity contribution in [2.24, 2.45) is 0 Å². The van der Waals surface area contributed by atoms with Gasteiger partial charge in [0.15, 0.2) is 0 Å². The molecule has 3 nitrogen and oxygen atoms in total. The molecule has 0 bridgehead atoms. The lowest BCUT2D eigenvalue weighted by molar-refractivity contribution is 0.105. The summed E-state index contributed by atoms with van der Waals surface area (Å²) in [5, 5.41) is 0. The standard InChI is InChI=1S/C15H23N3/c16-14-5-3-13(4-6-14)7-9-17-10-11-18-8-1-2-15(18)12-17/h3-6,15H,1-2,7-12,16H2. The van der Waals surface area contributed by atoms with Gasteiger partial charge in [-0.25, -0.2) is 0 Å². The van der Waals surface area contributed by atoms with Crippen LogP contribution >= 0.6 is 0 Å². The van der Waals surface area contributed by atoms with Crippen molar-refractivity contribution in [3.63, 3.8) is 0 Å². The number of anilines is 1. The highest BCUT2D eigenvalue weighted by Crippen LogP contribution is 2.21. The fraction of sp³-hybridized carbons (Fsp3) is 0.600. The van der Waals surface area contributed by atoms with Crippen molar-refractivity contribution in [2.45, 2.75) is 25.3 Å². The van der Waals surface area contributed by atoms with Gasteiger partial charge in [-0.3, -0.25) is 4.90 Å². The molecular formula is C15H23N3. The van der Waals surface area contributed by atoms with Gasteiger partial charge in [-0.2, -0.15) is 0 Å². The van der Waals surface area contributed by atoms with E-state index in [1.165, 1.54) is 51.1 Å². The summed E-state index contributed by atoms with van der Waals surface area (Å²) in [4.78, 5) is 5.29. The molecule has 3 rings (SSSR count). The van der Waals surface area contributed by atoms with Crippen LogP contribution in [0.25, 0.3) is 0 Å². The molecule has 1 unspecified atom stereocenters.